The Bertz CT molecular complexity index is 525. The normalized spacial score (nSPS) is 13.3. The molecule has 0 spiro atoms. The van der Waals surface area contributed by atoms with E-state index in [0.29, 0.717) is 0 Å². The van der Waals surface area contributed by atoms with Crippen molar-refractivity contribution in [2.75, 3.05) is 5.32 Å². The number of benzene rings is 1. The molecule has 0 aliphatic heterocycles. The van der Waals surface area contributed by atoms with Gasteiger partial charge in [0, 0.05) is 11.5 Å². The van der Waals surface area contributed by atoms with Gasteiger partial charge in [-0.3, -0.25) is 0 Å². The van der Waals surface area contributed by atoms with E-state index in [1.54, 1.807) is 0 Å². The summed E-state index contributed by atoms with van der Waals surface area (Å²) in [6.45, 7) is 1.95. The summed E-state index contributed by atoms with van der Waals surface area (Å²) < 4.78 is 40.5. The molecule has 0 saturated carbocycles. The van der Waals surface area contributed by atoms with Crippen LogP contribution in [0, 0.1) is 0 Å². The van der Waals surface area contributed by atoms with E-state index in [9.17, 15) is 13.2 Å². The molecule has 0 bridgehead atoms. The topological polar surface area (TPSA) is 37.8 Å². The van der Waals surface area contributed by atoms with Crippen LogP contribution in [-0.2, 0) is 6.18 Å². The molecule has 2 aromatic rings. The van der Waals surface area contributed by atoms with Crippen molar-refractivity contribution in [3.05, 3.63) is 41.7 Å². The maximum Gasteiger partial charge on any atom is 0.452 e. The molecule has 7 heteroatoms. The summed E-state index contributed by atoms with van der Waals surface area (Å²) in [7, 11) is 0. The minimum atomic E-state index is -4.50. The highest BCUT2D eigenvalue weighted by molar-refractivity contribution is 7.09. The fourth-order valence-electron chi connectivity index (χ4n) is 1.65. The van der Waals surface area contributed by atoms with Gasteiger partial charge in [0.15, 0.2) is 0 Å². The van der Waals surface area contributed by atoms with E-state index in [1.165, 1.54) is 0 Å². The fourth-order valence-corrected chi connectivity index (χ4v) is 2.29. The minimum Gasteiger partial charge on any atom is -0.353 e. The molecule has 3 nitrogen and oxygen atoms in total. The first-order chi connectivity index (χ1) is 9.00. The van der Waals surface area contributed by atoms with E-state index in [2.05, 4.69) is 14.7 Å². The van der Waals surface area contributed by atoms with Gasteiger partial charge in [0.05, 0.1) is 6.04 Å². The third kappa shape index (κ3) is 3.44. The van der Waals surface area contributed by atoms with Gasteiger partial charge in [0.2, 0.25) is 11.0 Å². The van der Waals surface area contributed by atoms with Crippen LogP contribution in [0.4, 0.5) is 18.3 Å². The molecule has 2 rings (SSSR count). The zero-order chi connectivity index (χ0) is 13.9. The van der Waals surface area contributed by atoms with Gasteiger partial charge in [0.1, 0.15) is 0 Å². The van der Waals surface area contributed by atoms with Crippen LogP contribution < -0.4 is 5.32 Å². The Morgan fingerprint density at radius 2 is 1.95 bits per heavy atom. The molecule has 1 N–H and O–H groups in total. The van der Waals surface area contributed by atoms with E-state index in [-0.39, 0.29) is 11.2 Å². The Kier molecular flexibility index (Phi) is 4.04. The highest BCUT2D eigenvalue weighted by Crippen LogP contribution is 2.30. The fraction of sp³-hybridized carbons (Fsp3) is 0.333. The predicted octanol–water partition coefficient (Wildman–Crippen LogP) is 4.12. The maximum atomic E-state index is 12.4. The van der Waals surface area contributed by atoms with Crippen molar-refractivity contribution < 1.29 is 13.2 Å². The van der Waals surface area contributed by atoms with Gasteiger partial charge >= 0.3 is 6.18 Å². The largest absolute Gasteiger partial charge is 0.452 e. The maximum absolute atomic E-state index is 12.4. The molecule has 0 amide bonds. The lowest BCUT2D eigenvalue weighted by Gasteiger charge is -2.16. The summed E-state index contributed by atoms with van der Waals surface area (Å²) >= 11 is 0.723. The Balaban J connectivity index is 2.13. The van der Waals surface area contributed by atoms with E-state index in [4.69, 9.17) is 0 Å². The van der Waals surface area contributed by atoms with Gasteiger partial charge in [-0.1, -0.05) is 37.3 Å². The summed E-state index contributed by atoms with van der Waals surface area (Å²) in [5.41, 5.74) is 1.01. The van der Waals surface area contributed by atoms with Crippen molar-refractivity contribution in [3.63, 3.8) is 0 Å². The SMILES string of the molecule is CCC(Nc1nc(C(F)(F)F)ns1)c1ccccc1. The van der Waals surface area contributed by atoms with Crippen LogP contribution in [0.25, 0.3) is 0 Å². The molecule has 1 aromatic heterocycles. The molecule has 1 atom stereocenters. The molecule has 0 aliphatic rings. The number of hydrogen-bond acceptors (Lipinski definition) is 4. The summed E-state index contributed by atoms with van der Waals surface area (Å²) in [4.78, 5) is 3.47. The molecular weight excluding hydrogens is 275 g/mol. The van der Waals surface area contributed by atoms with Gasteiger partial charge in [-0.05, 0) is 12.0 Å². The number of alkyl halides is 3. The number of anilines is 1. The zero-order valence-corrected chi connectivity index (χ0v) is 10.9. The van der Waals surface area contributed by atoms with Crippen LogP contribution in [0.5, 0.6) is 0 Å². The number of nitrogens with one attached hydrogen (secondary N) is 1. The molecule has 1 aromatic carbocycles. The third-order valence-corrected chi connectivity index (χ3v) is 3.23. The van der Waals surface area contributed by atoms with Gasteiger partial charge < -0.3 is 5.32 Å². The number of nitrogens with zero attached hydrogens (tertiary/aromatic N) is 2. The van der Waals surface area contributed by atoms with E-state index in [0.717, 1.165) is 23.5 Å². The van der Waals surface area contributed by atoms with E-state index >= 15 is 0 Å². The second kappa shape index (κ2) is 5.56. The summed E-state index contributed by atoms with van der Waals surface area (Å²) in [5, 5.41) is 3.17. The van der Waals surface area contributed by atoms with Crippen LogP contribution in [0.1, 0.15) is 30.8 Å². The van der Waals surface area contributed by atoms with Gasteiger partial charge in [0.25, 0.3) is 0 Å². The number of rotatable bonds is 4. The molecule has 102 valence electrons. The Labute approximate surface area is 112 Å². The van der Waals surface area contributed by atoms with E-state index in [1.807, 2.05) is 37.3 Å². The van der Waals surface area contributed by atoms with Crippen LogP contribution in [0.15, 0.2) is 30.3 Å². The second-order valence-corrected chi connectivity index (χ2v) is 4.69. The Morgan fingerprint density at radius 3 is 2.47 bits per heavy atom. The van der Waals surface area contributed by atoms with Gasteiger partial charge in [-0.15, -0.1) is 0 Å². The highest BCUT2D eigenvalue weighted by atomic mass is 32.1. The summed E-state index contributed by atoms with van der Waals surface area (Å²) in [5.74, 6) is -1.09. The highest BCUT2D eigenvalue weighted by Gasteiger charge is 2.36. The summed E-state index contributed by atoms with van der Waals surface area (Å²) in [6, 6.07) is 9.44. The van der Waals surface area contributed by atoms with Crippen molar-refractivity contribution >= 4 is 16.7 Å². The van der Waals surface area contributed by atoms with Gasteiger partial charge in [-0.25, -0.2) is 0 Å². The molecule has 0 aliphatic carbocycles. The van der Waals surface area contributed by atoms with Crippen molar-refractivity contribution in [3.8, 4) is 0 Å². The molecular formula is C12H12F3N3S. The van der Waals surface area contributed by atoms with Crippen LogP contribution >= 0.6 is 11.5 Å². The first-order valence-electron chi connectivity index (χ1n) is 5.73. The molecule has 0 saturated heterocycles. The number of hydrogen-bond donors (Lipinski definition) is 1. The number of aromatic nitrogens is 2. The Hall–Kier alpha value is -1.63. The lowest BCUT2D eigenvalue weighted by molar-refractivity contribution is -0.144. The van der Waals surface area contributed by atoms with Gasteiger partial charge in [-0.2, -0.15) is 22.5 Å². The second-order valence-electron chi connectivity index (χ2n) is 3.94. The molecule has 1 unspecified atom stereocenters. The Morgan fingerprint density at radius 1 is 1.26 bits per heavy atom. The molecule has 1 heterocycles. The quantitative estimate of drug-likeness (QED) is 0.919. The minimum absolute atomic E-state index is 0.0739. The van der Waals surface area contributed by atoms with E-state index < -0.39 is 12.0 Å². The number of halogens is 3. The molecule has 0 radical (unpaired) electrons. The van der Waals surface area contributed by atoms with Crippen molar-refractivity contribution in [2.24, 2.45) is 0 Å². The first-order valence-corrected chi connectivity index (χ1v) is 6.50. The van der Waals surface area contributed by atoms with Crippen LogP contribution in [0.2, 0.25) is 0 Å². The standard InChI is InChI=1S/C12H12F3N3S/c1-2-9(8-6-4-3-5-7-8)16-11-17-10(18-19-11)12(13,14)15/h3-7,9H,2H2,1H3,(H,16,17,18). The predicted molar refractivity (Wildman–Crippen MR) is 68.0 cm³/mol. The van der Waals surface area contributed by atoms with Crippen molar-refractivity contribution in [2.45, 2.75) is 25.6 Å². The molecule has 0 fully saturated rings. The smallest absolute Gasteiger partial charge is 0.353 e. The monoisotopic (exact) mass is 287 g/mol. The van der Waals surface area contributed by atoms with Crippen molar-refractivity contribution in [1.29, 1.82) is 0 Å². The zero-order valence-electron chi connectivity index (χ0n) is 10.1. The van der Waals surface area contributed by atoms with Crippen molar-refractivity contribution in [1.82, 2.24) is 9.36 Å². The third-order valence-electron chi connectivity index (χ3n) is 2.59. The van der Waals surface area contributed by atoms with Crippen LogP contribution in [0.3, 0.4) is 0 Å². The lowest BCUT2D eigenvalue weighted by Crippen LogP contribution is -2.11. The molecule has 19 heavy (non-hydrogen) atoms. The lowest BCUT2D eigenvalue weighted by atomic mass is 10.1. The summed E-state index contributed by atoms with van der Waals surface area (Å²) in [6.07, 6.45) is -3.75. The average Bonchev–Trinajstić information content (AvgIpc) is 2.85. The van der Waals surface area contributed by atoms with Crippen LogP contribution in [-0.4, -0.2) is 9.36 Å². The average molecular weight is 287 g/mol. The first kappa shape index (κ1) is 13.8.